The summed E-state index contributed by atoms with van der Waals surface area (Å²) in [7, 11) is 0. The van der Waals surface area contributed by atoms with E-state index in [1.54, 1.807) is 24.3 Å². The third-order valence-electron chi connectivity index (χ3n) is 1.54. The van der Waals surface area contributed by atoms with Crippen LogP contribution >= 0.6 is 0 Å². The van der Waals surface area contributed by atoms with Gasteiger partial charge in [-0.25, -0.2) is 0 Å². The molecule has 0 unspecified atom stereocenters. The monoisotopic (exact) mass is 186 g/mol. The molecule has 0 fully saturated rings. The summed E-state index contributed by atoms with van der Waals surface area (Å²) < 4.78 is 35.2. The number of rotatable bonds is 1. The van der Waals surface area contributed by atoms with Gasteiger partial charge in [-0.1, -0.05) is 35.9 Å². The van der Waals surface area contributed by atoms with Gasteiger partial charge in [0.25, 0.3) is 0 Å². The molecule has 0 N–H and O–H groups in total. The molecule has 0 saturated carbocycles. The summed E-state index contributed by atoms with van der Waals surface area (Å²) in [5.41, 5.74) is 1.59. The van der Waals surface area contributed by atoms with Crippen molar-refractivity contribution in [3.8, 4) is 0 Å². The van der Waals surface area contributed by atoms with Crippen molar-refractivity contribution >= 4 is 6.08 Å². The van der Waals surface area contributed by atoms with E-state index in [9.17, 15) is 13.2 Å². The lowest BCUT2D eigenvalue weighted by atomic mass is 10.1. The minimum absolute atomic E-state index is 0.234. The van der Waals surface area contributed by atoms with Crippen molar-refractivity contribution in [1.29, 1.82) is 0 Å². The van der Waals surface area contributed by atoms with E-state index in [-0.39, 0.29) is 6.08 Å². The molecular formula is C10H9F3. The summed E-state index contributed by atoms with van der Waals surface area (Å²) in [4.78, 5) is 0. The molecular weight excluding hydrogens is 177 g/mol. The molecule has 1 aromatic carbocycles. The molecule has 0 aromatic heterocycles. The number of allylic oxidation sites excluding steroid dienone is 1. The van der Waals surface area contributed by atoms with Crippen LogP contribution in [0, 0.1) is 6.92 Å². The standard InChI is InChI=1S/C10H9F3/c1-8-2-4-9(5-3-8)6-7-10(11,12)13/h2-7H,1H3/b7-6+. The minimum atomic E-state index is -4.23. The number of benzene rings is 1. The Morgan fingerprint density at radius 3 is 2.08 bits per heavy atom. The molecule has 3 heteroatoms. The zero-order valence-corrected chi connectivity index (χ0v) is 7.10. The van der Waals surface area contributed by atoms with E-state index in [0.717, 1.165) is 11.6 Å². The molecule has 0 aliphatic rings. The van der Waals surface area contributed by atoms with Crippen LogP contribution in [-0.4, -0.2) is 6.18 Å². The molecule has 1 rings (SSSR count). The largest absolute Gasteiger partial charge is 0.409 e. The number of halogens is 3. The van der Waals surface area contributed by atoms with E-state index in [4.69, 9.17) is 0 Å². The van der Waals surface area contributed by atoms with Crippen LogP contribution in [0.1, 0.15) is 11.1 Å². The van der Waals surface area contributed by atoms with Gasteiger partial charge in [-0.3, -0.25) is 0 Å². The van der Waals surface area contributed by atoms with Crippen molar-refractivity contribution in [1.82, 2.24) is 0 Å². The average molecular weight is 186 g/mol. The van der Waals surface area contributed by atoms with E-state index < -0.39 is 6.18 Å². The molecule has 70 valence electrons. The van der Waals surface area contributed by atoms with Gasteiger partial charge < -0.3 is 0 Å². The number of hydrogen-bond acceptors (Lipinski definition) is 0. The Kier molecular flexibility index (Phi) is 2.76. The van der Waals surface area contributed by atoms with Crippen LogP contribution < -0.4 is 0 Å². The predicted molar refractivity (Wildman–Crippen MR) is 46.3 cm³/mol. The lowest BCUT2D eigenvalue weighted by Crippen LogP contribution is -1.99. The highest BCUT2D eigenvalue weighted by Crippen LogP contribution is 2.18. The first-order valence-electron chi connectivity index (χ1n) is 3.80. The normalized spacial score (nSPS) is 12.3. The van der Waals surface area contributed by atoms with Crippen LogP contribution in [0.3, 0.4) is 0 Å². The third-order valence-corrected chi connectivity index (χ3v) is 1.54. The van der Waals surface area contributed by atoms with Crippen molar-refractivity contribution in [2.45, 2.75) is 13.1 Å². The molecule has 0 aliphatic heterocycles. The SMILES string of the molecule is Cc1ccc(/C=C/C(F)(F)F)cc1. The van der Waals surface area contributed by atoms with Crippen molar-refractivity contribution in [2.75, 3.05) is 0 Å². The molecule has 0 amide bonds. The quantitative estimate of drug-likeness (QED) is 0.628. The molecule has 1 aromatic rings. The second-order valence-corrected chi connectivity index (χ2v) is 2.79. The van der Waals surface area contributed by atoms with Crippen LogP contribution in [0.15, 0.2) is 30.3 Å². The van der Waals surface area contributed by atoms with Crippen LogP contribution in [0.5, 0.6) is 0 Å². The van der Waals surface area contributed by atoms with E-state index in [2.05, 4.69) is 0 Å². The zero-order valence-electron chi connectivity index (χ0n) is 7.10. The van der Waals surface area contributed by atoms with E-state index in [1.165, 1.54) is 0 Å². The fraction of sp³-hybridized carbons (Fsp3) is 0.200. The fourth-order valence-electron chi connectivity index (χ4n) is 0.868. The Morgan fingerprint density at radius 2 is 1.62 bits per heavy atom. The Balaban J connectivity index is 2.75. The molecule has 0 radical (unpaired) electrons. The third kappa shape index (κ3) is 3.78. The molecule has 0 heterocycles. The number of alkyl halides is 3. The maximum atomic E-state index is 11.7. The first-order valence-corrected chi connectivity index (χ1v) is 3.80. The molecule has 0 nitrogen and oxygen atoms in total. The van der Waals surface area contributed by atoms with Gasteiger partial charge in [0, 0.05) is 6.08 Å². The summed E-state index contributed by atoms with van der Waals surface area (Å²) in [5.74, 6) is 0. The second kappa shape index (κ2) is 3.64. The number of hydrogen-bond donors (Lipinski definition) is 0. The van der Waals surface area contributed by atoms with Gasteiger partial charge in [-0.15, -0.1) is 0 Å². The maximum absolute atomic E-state index is 11.7. The summed E-state index contributed by atoms with van der Waals surface area (Å²) in [5, 5.41) is 0. The van der Waals surface area contributed by atoms with Crippen molar-refractivity contribution in [3.05, 3.63) is 41.5 Å². The smallest absolute Gasteiger partial charge is 0.167 e. The minimum Gasteiger partial charge on any atom is -0.167 e. The van der Waals surface area contributed by atoms with Crippen LogP contribution in [0.4, 0.5) is 13.2 Å². The summed E-state index contributed by atoms with van der Waals surface area (Å²) in [6.07, 6.45) is -2.94. The lowest BCUT2D eigenvalue weighted by molar-refractivity contribution is -0.0790. The van der Waals surface area contributed by atoms with E-state index >= 15 is 0 Å². The summed E-state index contributed by atoms with van der Waals surface area (Å²) >= 11 is 0. The zero-order chi connectivity index (χ0) is 9.90. The first kappa shape index (κ1) is 9.84. The Bertz CT molecular complexity index is 293. The van der Waals surface area contributed by atoms with Gasteiger partial charge in [0.1, 0.15) is 0 Å². The molecule has 0 atom stereocenters. The van der Waals surface area contributed by atoms with Gasteiger partial charge in [-0.2, -0.15) is 13.2 Å². The van der Waals surface area contributed by atoms with Gasteiger partial charge in [0.05, 0.1) is 0 Å². The second-order valence-electron chi connectivity index (χ2n) is 2.79. The predicted octanol–water partition coefficient (Wildman–Crippen LogP) is 3.57. The first-order chi connectivity index (χ1) is 5.97. The highest BCUT2D eigenvalue weighted by Gasteiger charge is 2.21. The van der Waals surface area contributed by atoms with Gasteiger partial charge in [-0.05, 0) is 12.5 Å². The lowest BCUT2D eigenvalue weighted by Gasteiger charge is -1.98. The van der Waals surface area contributed by atoms with Crippen molar-refractivity contribution in [2.24, 2.45) is 0 Å². The summed E-state index contributed by atoms with van der Waals surface area (Å²) in [6, 6.07) is 6.85. The Labute approximate surface area is 74.7 Å². The van der Waals surface area contributed by atoms with Gasteiger partial charge in [0.15, 0.2) is 0 Å². The average Bonchev–Trinajstić information content (AvgIpc) is 2.02. The fourth-order valence-corrected chi connectivity index (χ4v) is 0.868. The highest BCUT2D eigenvalue weighted by molar-refractivity contribution is 5.50. The molecule has 13 heavy (non-hydrogen) atoms. The van der Waals surface area contributed by atoms with Crippen LogP contribution in [-0.2, 0) is 0 Å². The van der Waals surface area contributed by atoms with E-state index in [1.807, 2.05) is 6.92 Å². The van der Waals surface area contributed by atoms with Crippen LogP contribution in [0.2, 0.25) is 0 Å². The Morgan fingerprint density at radius 1 is 1.08 bits per heavy atom. The topological polar surface area (TPSA) is 0 Å². The van der Waals surface area contributed by atoms with Crippen molar-refractivity contribution in [3.63, 3.8) is 0 Å². The molecule has 0 bridgehead atoms. The Hall–Kier alpha value is -1.25. The summed E-state index contributed by atoms with van der Waals surface area (Å²) in [6.45, 7) is 1.89. The van der Waals surface area contributed by atoms with E-state index in [0.29, 0.717) is 5.56 Å². The van der Waals surface area contributed by atoms with Gasteiger partial charge in [0.2, 0.25) is 0 Å². The van der Waals surface area contributed by atoms with Gasteiger partial charge >= 0.3 is 6.18 Å². The number of aryl methyl sites for hydroxylation is 1. The maximum Gasteiger partial charge on any atom is 0.409 e. The molecule has 0 aliphatic carbocycles. The van der Waals surface area contributed by atoms with Crippen molar-refractivity contribution < 1.29 is 13.2 Å². The molecule has 0 saturated heterocycles. The molecule has 0 spiro atoms. The highest BCUT2D eigenvalue weighted by atomic mass is 19.4. The van der Waals surface area contributed by atoms with Crippen LogP contribution in [0.25, 0.3) is 6.08 Å².